The van der Waals surface area contributed by atoms with Crippen LogP contribution in [0.15, 0.2) is 18.5 Å². The molecule has 1 saturated heterocycles. The first kappa shape index (κ1) is 20.8. The molecule has 2 aromatic rings. The van der Waals surface area contributed by atoms with Crippen molar-refractivity contribution in [2.24, 2.45) is 5.73 Å². The monoisotopic (exact) mass is 390 g/mol. The van der Waals surface area contributed by atoms with E-state index in [9.17, 15) is 10.2 Å². The van der Waals surface area contributed by atoms with Crippen LogP contribution in [0, 0.1) is 6.92 Å². The van der Waals surface area contributed by atoms with E-state index in [0.29, 0.717) is 37.2 Å². The molecule has 0 spiro atoms. The minimum absolute atomic E-state index is 0.480. The summed E-state index contributed by atoms with van der Waals surface area (Å²) in [6.45, 7) is 5.60. The summed E-state index contributed by atoms with van der Waals surface area (Å²) in [6, 6.07) is 0. The Hall–Kier alpha value is -1.91. The molecular weight excluding hydrogens is 360 g/mol. The van der Waals surface area contributed by atoms with E-state index in [0.717, 1.165) is 17.9 Å². The standard InChI is InChI=1S/C19H30N6O3/c1-4-7-14-23-15-12(2)21-11-22-18(15)25(14)19-17(27)16(26)13(28-19)10-24(3)9-6-5-8-20/h5-6,11,13,16-17,19,26-27H,4,7-10,20H2,1-3H3/b6-5+/t13-,16-,17-,19-/m1/s1. The quantitative estimate of drug-likeness (QED) is 0.545. The number of aliphatic hydroxyl groups excluding tert-OH is 2. The molecule has 0 aliphatic carbocycles. The number of rotatable bonds is 8. The van der Waals surface area contributed by atoms with Crippen molar-refractivity contribution >= 4 is 11.2 Å². The molecule has 1 aliphatic heterocycles. The molecule has 1 fully saturated rings. The molecular formula is C19H30N6O3. The second-order valence-electron chi connectivity index (χ2n) is 7.25. The number of imidazole rings is 1. The molecule has 9 nitrogen and oxygen atoms in total. The van der Waals surface area contributed by atoms with Gasteiger partial charge in [0.05, 0.1) is 5.69 Å². The fraction of sp³-hybridized carbons (Fsp3) is 0.632. The predicted octanol–water partition coefficient (Wildman–Crippen LogP) is 0.153. The van der Waals surface area contributed by atoms with E-state index in [2.05, 4.69) is 21.9 Å². The SMILES string of the molecule is CCCc1nc2c(C)ncnc2n1[C@@H]1O[C@H](CN(C)C/C=C/CN)[C@@H](O)[C@H]1O. The zero-order valence-electron chi connectivity index (χ0n) is 16.7. The number of likely N-dealkylation sites (N-methyl/N-ethyl adjacent to an activating group) is 1. The lowest BCUT2D eigenvalue weighted by Gasteiger charge is -2.22. The molecule has 4 atom stereocenters. The predicted molar refractivity (Wildman–Crippen MR) is 106 cm³/mol. The van der Waals surface area contributed by atoms with Crippen LogP contribution in [-0.4, -0.2) is 79.6 Å². The Morgan fingerprint density at radius 1 is 1.29 bits per heavy atom. The summed E-state index contributed by atoms with van der Waals surface area (Å²) in [6.07, 6.45) is 3.61. The molecule has 154 valence electrons. The van der Waals surface area contributed by atoms with Gasteiger partial charge < -0.3 is 25.6 Å². The van der Waals surface area contributed by atoms with Gasteiger partial charge in [-0.05, 0) is 20.4 Å². The number of aryl methyl sites for hydroxylation is 2. The maximum absolute atomic E-state index is 10.7. The van der Waals surface area contributed by atoms with Gasteiger partial charge in [0.1, 0.15) is 36.0 Å². The van der Waals surface area contributed by atoms with Crippen LogP contribution >= 0.6 is 0 Å². The fourth-order valence-electron chi connectivity index (χ4n) is 3.56. The van der Waals surface area contributed by atoms with Crippen LogP contribution in [0.2, 0.25) is 0 Å². The largest absolute Gasteiger partial charge is 0.387 e. The first-order valence-electron chi connectivity index (χ1n) is 9.71. The molecule has 3 rings (SSSR count). The van der Waals surface area contributed by atoms with Gasteiger partial charge in [-0.25, -0.2) is 15.0 Å². The second kappa shape index (κ2) is 9.06. The molecule has 0 bridgehead atoms. The smallest absolute Gasteiger partial charge is 0.166 e. The number of hydrogen-bond acceptors (Lipinski definition) is 8. The molecule has 1 aliphatic rings. The van der Waals surface area contributed by atoms with Crippen LogP contribution in [0.1, 0.15) is 31.1 Å². The van der Waals surface area contributed by atoms with E-state index < -0.39 is 24.5 Å². The van der Waals surface area contributed by atoms with E-state index >= 15 is 0 Å². The van der Waals surface area contributed by atoms with Crippen LogP contribution in [-0.2, 0) is 11.2 Å². The van der Waals surface area contributed by atoms with Crippen molar-refractivity contribution in [1.82, 2.24) is 24.4 Å². The molecule has 4 N–H and O–H groups in total. The van der Waals surface area contributed by atoms with Gasteiger partial charge in [0, 0.05) is 26.1 Å². The summed E-state index contributed by atoms with van der Waals surface area (Å²) < 4.78 is 7.93. The maximum Gasteiger partial charge on any atom is 0.166 e. The van der Waals surface area contributed by atoms with Gasteiger partial charge >= 0.3 is 0 Å². The molecule has 3 heterocycles. The van der Waals surface area contributed by atoms with Gasteiger partial charge in [0.25, 0.3) is 0 Å². The molecule has 0 unspecified atom stereocenters. The third-order valence-electron chi connectivity index (χ3n) is 5.01. The molecule has 0 amide bonds. The van der Waals surface area contributed by atoms with E-state index in [4.69, 9.17) is 10.5 Å². The summed E-state index contributed by atoms with van der Waals surface area (Å²) in [7, 11) is 1.93. The van der Waals surface area contributed by atoms with Crippen molar-refractivity contribution in [1.29, 1.82) is 0 Å². The van der Waals surface area contributed by atoms with Crippen LogP contribution in [0.25, 0.3) is 11.2 Å². The topological polar surface area (TPSA) is 123 Å². The fourth-order valence-corrected chi connectivity index (χ4v) is 3.56. The zero-order chi connectivity index (χ0) is 20.3. The molecule has 0 saturated carbocycles. The van der Waals surface area contributed by atoms with Crippen LogP contribution in [0.4, 0.5) is 0 Å². The van der Waals surface area contributed by atoms with Crippen molar-refractivity contribution in [3.05, 3.63) is 30.0 Å². The van der Waals surface area contributed by atoms with Gasteiger partial charge in [-0.15, -0.1) is 0 Å². The number of fused-ring (bicyclic) bond motifs is 1. The Labute approximate surface area is 164 Å². The first-order chi connectivity index (χ1) is 13.5. The van der Waals surface area contributed by atoms with Gasteiger partial charge in [-0.3, -0.25) is 4.57 Å². The first-order valence-corrected chi connectivity index (χ1v) is 9.71. The van der Waals surface area contributed by atoms with Gasteiger partial charge in [0.15, 0.2) is 11.9 Å². The van der Waals surface area contributed by atoms with Crippen molar-refractivity contribution in [2.75, 3.05) is 26.7 Å². The van der Waals surface area contributed by atoms with Crippen molar-refractivity contribution in [3.63, 3.8) is 0 Å². The number of aliphatic hydroxyl groups is 2. The second-order valence-corrected chi connectivity index (χ2v) is 7.25. The Balaban J connectivity index is 1.86. The average molecular weight is 390 g/mol. The van der Waals surface area contributed by atoms with Crippen molar-refractivity contribution in [3.8, 4) is 0 Å². The number of ether oxygens (including phenoxy) is 1. The summed E-state index contributed by atoms with van der Waals surface area (Å²) in [5.41, 5.74) is 7.55. The number of hydrogen-bond donors (Lipinski definition) is 3. The van der Waals surface area contributed by atoms with E-state index in [1.807, 2.05) is 35.6 Å². The highest BCUT2D eigenvalue weighted by atomic mass is 16.6. The van der Waals surface area contributed by atoms with Gasteiger partial charge in [0.2, 0.25) is 0 Å². The number of nitrogens with two attached hydrogens (primary N) is 1. The third kappa shape index (κ3) is 4.08. The molecule has 28 heavy (non-hydrogen) atoms. The lowest BCUT2D eigenvalue weighted by atomic mass is 10.1. The normalized spacial score (nSPS) is 25.5. The van der Waals surface area contributed by atoms with Crippen molar-refractivity contribution in [2.45, 2.75) is 51.2 Å². The molecule has 9 heteroatoms. The Morgan fingerprint density at radius 2 is 2.07 bits per heavy atom. The average Bonchev–Trinajstić information content (AvgIpc) is 3.15. The zero-order valence-corrected chi connectivity index (χ0v) is 16.7. The minimum Gasteiger partial charge on any atom is -0.387 e. The summed E-state index contributed by atoms with van der Waals surface area (Å²) in [5, 5.41) is 21.3. The van der Waals surface area contributed by atoms with Gasteiger partial charge in [-0.1, -0.05) is 19.1 Å². The Bertz CT molecular complexity index is 823. The van der Waals surface area contributed by atoms with E-state index in [-0.39, 0.29) is 0 Å². The maximum atomic E-state index is 10.7. The number of aromatic nitrogens is 4. The minimum atomic E-state index is -1.07. The third-order valence-corrected chi connectivity index (χ3v) is 5.01. The summed E-state index contributed by atoms with van der Waals surface area (Å²) in [4.78, 5) is 15.3. The van der Waals surface area contributed by atoms with E-state index in [1.54, 1.807) is 0 Å². The highest BCUT2D eigenvalue weighted by Crippen LogP contribution is 2.33. The molecule has 2 aromatic heterocycles. The Kier molecular flexibility index (Phi) is 6.73. The lowest BCUT2D eigenvalue weighted by Crippen LogP contribution is -2.38. The molecule has 0 radical (unpaired) electrons. The summed E-state index contributed by atoms with van der Waals surface area (Å²) >= 11 is 0. The summed E-state index contributed by atoms with van der Waals surface area (Å²) in [5.74, 6) is 0.775. The van der Waals surface area contributed by atoms with Gasteiger partial charge in [-0.2, -0.15) is 0 Å². The number of nitrogens with zero attached hydrogens (tertiary/aromatic N) is 5. The van der Waals surface area contributed by atoms with Crippen LogP contribution < -0.4 is 5.73 Å². The Morgan fingerprint density at radius 3 is 2.79 bits per heavy atom. The van der Waals surface area contributed by atoms with Crippen LogP contribution in [0.3, 0.4) is 0 Å². The lowest BCUT2D eigenvalue weighted by molar-refractivity contribution is -0.0428. The highest BCUT2D eigenvalue weighted by Gasteiger charge is 2.45. The van der Waals surface area contributed by atoms with Crippen LogP contribution in [0.5, 0.6) is 0 Å². The highest BCUT2D eigenvalue weighted by molar-refractivity contribution is 5.73. The molecule has 0 aromatic carbocycles. The van der Waals surface area contributed by atoms with E-state index in [1.165, 1.54) is 6.33 Å². The van der Waals surface area contributed by atoms with Crippen molar-refractivity contribution < 1.29 is 14.9 Å².